The molecule has 0 aliphatic carbocycles. The molecule has 0 aromatic heterocycles. The van der Waals surface area contributed by atoms with Crippen LogP contribution in [0.2, 0.25) is 0 Å². The van der Waals surface area contributed by atoms with Crippen LogP contribution in [0.4, 0.5) is 0 Å². The average Bonchev–Trinajstić information content (AvgIpc) is 2.29. The van der Waals surface area contributed by atoms with Crippen LogP contribution in [0.3, 0.4) is 0 Å². The van der Waals surface area contributed by atoms with Crippen molar-refractivity contribution in [2.75, 3.05) is 20.1 Å². The van der Waals surface area contributed by atoms with Gasteiger partial charge in [-0.2, -0.15) is 0 Å². The van der Waals surface area contributed by atoms with Gasteiger partial charge in [-0.25, -0.2) is 0 Å². The Morgan fingerprint density at radius 3 is 2.71 bits per heavy atom. The average molecular weight is 241 g/mol. The third-order valence-corrected chi connectivity index (χ3v) is 2.83. The molecule has 1 heterocycles. The molecule has 1 saturated heterocycles. The highest BCUT2D eigenvalue weighted by Gasteiger charge is 2.39. The minimum Gasteiger partial charge on any atom is -0.359 e. The van der Waals surface area contributed by atoms with Crippen molar-refractivity contribution in [1.29, 1.82) is 0 Å². The molecule has 0 unspecified atom stereocenters. The summed E-state index contributed by atoms with van der Waals surface area (Å²) in [6, 6.07) is 0. The molecule has 2 N–H and O–H groups in total. The number of carbonyl (C=O) groups excluding carboxylic acids is 3. The number of nitrogens with one attached hydrogen (secondary N) is 2. The zero-order valence-electron chi connectivity index (χ0n) is 10.5. The molecule has 1 fully saturated rings. The van der Waals surface area contributed by atoms with Gasteiger partial charge in [0.1, 0.15) is 0 Å². The lowest BCUT2D eigenvalue weighted by Crippen LogP contribution is -2.63. The van der Waals surface area contributed by atoms with Crippen LogP contribution >= 0.6 is 0 Å². The Labute approximate surface area is 101 Å². The quantitative estimate of drug-likeness (QED) is 0.635. The Kier molecular flexibility index (Phi) is 4.22. The van der Waals surface area contributed by atoms with Crippen LogP contribution in [0.1, 0.15) is 26.7 Å². The van der Waals surface area contributed by atoms with E-state index in [-0.39, 0.29) is 24.3 Å². The highest BCUT2D eigenvalue weighted by molar-refractivity contribution is 6.03. The summed E-state index contributed by atoms with van der Waals surface area (Å²) in [5.41, 5.74) is -0.707. The first-order valence-electron chi connectivity index (χ1n) is 5.69. The molecule has 1 rings (SSSR count). The first-order chi connectivity index (χ1) is 7.88. The molecule has 6 nitrogen and oxygen atoms in total. The van der Waals surface area contributed by atoms with Crippen molar-refractivity contribution in [3.8, 4) is 0 Å². The molecule has 0 aromatic rings. The van der Waals surface area contributed by atoms with E-state index < -0.39 is 5.54 Å². The first-order valence-corrected chi connectivity index (χ1v) is 5.69. The van der Waals surface area contributed by atoms with Gasteiger partial charge in [0.15, 0.2) is 0 Å². The Morgan fingerprint density at radius 1 is 1.47 bits per heavy atom. The van der Waals surface area contributed by atoms with Crippen molar-refractivity contribution in [2.24, 2.45) is 0 Å². The maximum Gasteiger partial charge on any atom is 0.248 e. The Hall–Kier alpha value is -1.43. The fourth-order valence-electron chi connectivity index (χ4n) is 1.67. The molecule has 0 atom stereocenters. The smallest absolute Gasteiger partial charge is 0.248 e. The predicted octanol–water partition coefficient (Wildman–Crippen LogP) is -0.750. The monoisotopic (exact) mass is 241 g/mol. The van der Waals surface area contributed by atoms with E-state index in [4.69, 9.17) is 0 Å². The molecule has 3 amide bonds. The standard InChI is InChI=1S/C11H19N3O3/c1-11(2)10(17)14(9(16)7-13-11)6-4-5-8(15)12-3/h13H,4-7H2,1-3H3,(H,12,15). The number of piperazine rings is 1. The van der Waals surface area contributed by atoms with E-state index in [0.717, 1.165) is 0 Å². The molecule has 1 aliphatic rings. The summed E-state index contributed by atoms with van der Waals surface area (Å²) in [6.45, 7) is 3.95. The lowest BCUT2D eigenvalue weighted by Gasteiger charge is -2.36. The third kappa shape index (κ3) is 3.26. The van der Waals surface area contributed by atoms with E-state index in [2.05, 4.69) is 10.6 Å². The SMILES string of the molecule is CNC(=O)CCCN1C(=O)CNC(C)(C)C1=O. The second-order valence-corrected chi connectivity index (χ2v) is 4.61. The normalized spacial score (nSPS) is 19.4. The van der Waals surface area contributed by atoms with Gasteiger partial charge < -0.3 is 5.32 Å². The van der Waals surface area contributed by atoms with Gasteiger partial charge in [-0.1, -0.05) is 0 Å². The van der Waals surface area contributed by atoms with Crippen LogP contribution in [0.5, 0.6) is 0 Å². The molecule has 96 valence electrons. The molecule has 17 heavy (non-hydrogen) atoms. The summed E-state index contributed by atoms with van der Waals surface area (Å²) >= 11 is 0. The Morgan fingerprint density at radius 2 is 2.12 bits per heavy atom. The van der Waals surface area contributed by atoms with Gasteiger partial charge >= 0.3 is 0 Å². The number of amides is 3. The topological polar surface area (TPSA) is 78.5 Å². The van der Waals surface area contributed by atoms with Crippen molar-refractivity contribution in [2.45, 2.75) is 32.2 Å². The lowest BCUT2D eigenvalue weighted by molar-refractivity contribution is -0.152. The summed E-state index contributed by atoms with van der Waals surface area (Å²) in [4.78, 5) is 35.8. The fourth-order valence-corrected chi connectivity index (χ4v) is 1.67. The number of carbonyl (C=O) groups is 3. The van der Waals surface area contributed by atoms with E-state index in [1.165, 1.54) is 4.90 Å². The Balaban J connectivity index is 2.53. The number of imide groups is 1. The number of rotatable bonds is 4. The van der Waals surface area contributed by atoms with Crippen molar-refractivity contribution in [3.63, 3.8) is 0 Å². The molecular weight excluding hydrogens is 222 g/mol. The summed E-state index contributed by atoms with van der Waals surface area (Å²) in [7, 11) is 1.56. The van der Waals surface area contributed by atoms with E-state index in [1.54, 1.807) is 20.9 Å². The molecule has 0 saturated carbocycles. The lowest BCUT2D eigenvalue weighted by atomic mass is 10.0. The van der Waals surface area contributed by atoms with Gasteiger partial charge in [0.2, 0.25) is 17.7 Å². The number of nitrogens with zero attached hydrogens (tertiary/aromatic N) is 1. The molecule has 0 bridgehead atoms. The minimum atomic E-state index is -0.707. The van der Waals surface area contributed by atoms with E-state index in [9.17, 15) is 14.4 Å². The number of hydrogen-bond donors (Lipinski definition) is 2. The fraction of sp³-hybridized carbons (Fsp3) is 0.727. The second-order valence-electron chi connectivity index (χ2n) is 4.61. The largest absolute Gasteiger partial charge is 0.359 e. The van der Waals surface area contributed by atoms with Crippen LogP contribution in [0.15, 0.2) is 0 Å². The van der Waals surface area contributed by atoms with E-state index >= 15 is 0 Å². The van der Waals surface area contributed by atoms with Crippen LogP contribution < -0.4 is 10.6 Å². The second kappa shape index (κ2) is 5.27. The van der Waals surface area contributed by atoms with Gasteiger partial charge in [-0.3, -0.25) is 24.6 Å². The molecule has 6 heteroatoms. The molecule has 0 aromatic carbocycles. The van der Waals surface area contributed by atoms with Crippen LogP contribution in [0.25, 0.3) is 0 Å². The van der Waals surface area contributed by atoms with Crippen LogP contribution in [-0.4, -0.2) is 48.3 Å². The zero-order chi connectivity index (χ0) is 13.1. The summed E-state index contributed by atoms with van der Waals surface area (Å²) in [6.07, 6.45) is 0.814. The van der Waals surface area contributed by atoms with Crippen molar-refractivity contribution >= 4 is 17.7 Å². The van der Waals surface area contributed by atoms with E-state index in [1.807, 2.05) is 0 Å². The van der Waals surface area contributed by atoms with Crippen molar-refractivity contribution in [3.05, 3.63) is 0 Å². The molecule has 0 radical (unpaired) electrons. The zero-order valence-corrected chi connectivity index (χ0v) is 10.5. The third-order valence-electron chi connectivity index (χ3n) is 2.83. The van der Waals surface area contributed by atoms with Crippen LogP contribution in [-0.2, 0) is 14.4 Å². The van der Waals surface area contributed by atoms with Crippen molar-refractivity contribution < 1.29 is 14.4 Å². The van der Waals surface area contributed by atoms with Gasteiger partial charge in [0.05, 0.1) is 12.1 Å². The van der Waals surface area contributed by atoms with Gasteiger partial charge in [0.25, 0.3) is 0 Å². The summed E-state index contributed by atoms with van der Waals surface area (Å²) < 4.78 is 0. The van der Waals surface area contributed by atoms with E-state index in [0.29, 0.717) is 19.4 Å². The summed E-state index contributed by atoms with van der Waals surface area (Å²) in [5.74, 6) is -0.545. The highest BCUT2D eigenvalue weighted by atomic mass is 16.2. The summed E-state index contributed by atoms with van der Waals surface area (Å²) in [5, 5.41) is 5.38. The Bertz CT molecular complexity index is 339. The number of hydrogen-bond acceptors (Lipinski definition) is 4. The molecular formula is C11H19N3O3. The molecule has 0 spiro atoms. The predicted molar refractivity (Wildman–Crippen MR) is 62.1 cm³/mol. The van der Waals surface area contributed by atoms with Crippen LogP contribution in [0, 0.1) is 0 Å². The maximum absolute atomic E-state index is 11.9. The maximum atomic E-state index is 11.9. The minimum absolute atomic E-state index is 0.0840. The van der Waals surface area contributed by atoms with Crippen molar-refractivity contribution in [1.82, 2.24) is 15.5 Å². The van der Waals surface area contributed by atoms with Gasteiger partial charge in [0, 0.05) is 20.0 Å². The highest BCUT2D eigenvalue weighted by Crippen LogP contribution is 2.13. The first kappa shape index (κ1) is 13.6. The van der Waals surface area contributed by atoms with Gasteiger partial charge in [-0.15, -0.1) is 0 Å². The molecule has 1 aliphatic heterocycles. The van der Waals surface area contributed by atoms with Gasteiger partial charge in [-0.05, 0) is 20.3 Å².